The van der Waals surface area contributed by atoms with Crippen molar-refractivity contribution >= 4 is 35.1 Å². The monoisotopic (exact) mass is 535 g/mol. The lowest BCUT2D eigenvalue weighted by Gasteiger charge is -2.32. The number of amides is 1. The maximum atomic E-state index is 13.2. The van der Waals surface area contributed by atoms with Crippen molar-refractivity contribution in [3.63, 3.8) is 0 Å². The highest BCUT2D eigenvalue weighted by molar-refractivity contribution is 14.1. The molecule has 0 bridgehead atoms. The molecule has 1 unspecified atom stereocenters. The Balaban J connectivity index is 2.57. The minimum atomic E-state index is -0.950. The van der Waals surface area contributed by atoms with Crippen molar-refractivity contribution in [2.45, 2.75) is 65.0 Å². The average Bonchev–Trinajstić information content (AvgIpc) is 3.03. The zero-order valence-electron chi connectivity index (χ0n) is 18.4. The van der Waals surface area contributed by atoms with Crippen molar-refractivity contribution in [2.24, 2.45) is 5.92 Å². The molecule has 0 saturated carbocycles. The molecule has 0 radical (unpaired) electrons. The normalized spacial score (nSPS) is 21.5. The highest BCUT2D eigenvalue weighted by Gasteiger charge is 2.51. The average molecular weight is 535 g/mol. The molecule has 0 N–H and O–H groups in total. The van der Waals surface area contributed by atoms with Gasteiger partial charge in [-0.3, -0.25) is 4.90 Å². The highest BCUT2D eigenvalue weighted by atomic mass is 127. The van der Waals surface area contributed by atoms with Crippen molar-refractivity contribution in [3.8, 4) is 11.5 Å². The maximum Gasteiger partial charge on any atom is 0.413 e. The number of hydrogen-bond donors (Lipinski definition) is 0. The Morgan fingerprint density at radius 3 is 2.37 bits per heavy atom. The maximum absolute atomic E-state index is 13.2. The Labute approximate surface area is 191 Å². The molecule has 0 aliphatic carbocycles. The minimum absolute atomic E-state index is 0.199. The predicted octanol–water partition coefficient (Wildman–Crippen LogP) is 4.65. The second kappa shape index (κ2) is 10.0. The predicted molar refractivity (Wildman–Crippen MR) is 119 cm³/mol. The van der Waals surface area contributed by atoms with E-state index in [1.807, 2.05) is 13.8 Å². The molecule has 1 aliphatic rings. The van der Waals surface area contributed by atoms with Crippen molar-refractivity contribution in [3.05, 3.63) is 23.8 Å². The summed E-state index contributed by atoms with van der Waals surface area (Å²) in [5.74, 6) is 0.716. The zero-order chi connectivity index (χ0) is 22.6. The molecular weight excluding hydrogens is 505 g/mol. The molecular formula is C21H30INO7. The van der Waals surface area contributed by atoms with Gasteiger partial charge in [0.1, 0.15) is 17.1 Å². The van der Waals surface area contributed by atoms with Crippen LogP contribution in [-0.2, 0) is 17.3 Å². The molecule has 168 valence electrons. The van der Waals surface area contributed by atoms with Crippen molar-refractivity contribution < 1.29 is 31.6 Å². The van der Waals surface area contributed by atoms with E-state index in [4.69, 9.17) is 22.0 Å². The minimum Gasteiger partial charge on any atom is -0.497 e. The van der Waals surface area contributed by atoms with Crippen LogP contribution < -0.4 is 9.47 Å². The molecule has 9 heteroatoms. The van der Waals surface area contributed by atoms with Gasteiger partial charge in [0.25, 0.3) is 0 Å². The Morgan fingerprint density at radius 2 is 1.87 bits per heavy atom. The SMILES string of the molecule is COc1ccc(C2O[C@@H](C(=O)OI)[C@H](CC(C)C)N2C(=O)OC(C)(C)C)c(OC)c1. The Kier molecular flexibility index (Phi) is 8.20. The fraction of sp³-hybridized carbons (Fsp3) is 0.619. The summed E-state index contributed by atoms with van der Waals surface area (Å²) in [4.78, 5) is 27.2. The van der Waals surface area contributed by atoms with Crippen LogP contribution in [0.4, 0.5) is 4.79 Å². The summed E-state index contributed by atoms with van der Waals surface area (Å²) in [5.41, 5.74) is -0.128. The lowest BCUT2D eigenvalue weighted by Crippen LogP contribution is -2.45. The summed E-state index contributed by atoms with van der Waals surface area (Å²) in [5, 5.41) is 0. The first-order valence-corrected chi connectivity index (χ1v) is 10.6. The van der Waals surface area contributed by atoms with Gasteiger partial charge in [-0.05, 0) is 45.2 Å². The molecule has 30 heavy (non-hydrogen) atoms. The fourth-order valence-electron chi connectivity index (χ4n) is 3.38. The number of nitrogens with zero attached hydrogens (tertiary/aromatic N) is 1. The van der Waals surface area contributed by atoms with Gasteiger partial charge in [0.05, 0.1) is 20.3 Å². The van der Waals surface area contributed by atoms with Gasteiger partial charge in [0, 0.05) is 11.6 Å². The van der Waals surface area contributed by atoms with E-state index in [-0.39, 0.29) is 5.92 Å². The van der Waals surface area contributed by atoms with E-state index in [1.54, 1.807) is 46.1 Å². The van der Waals surface area contributed by atoms with Crippen molar-refractivity contribution in [1.29, 1.82) is 0 Å². The molecule has 2 rings (SSSR count). The van der Waals surface area contributed by atoms with E-state index >= 15 is 0 Å². The van der Waals surface area contributed by atoms with Crippen LogP contribution in [0.2, 0.25) is 0 Å². The van der Waals surface area contributed by atoms with E-state index in [2.05, 4.69) is 0 Å². The second-order valence-corrected chi connectivity index (χ2v) is 8.94. The van der Waals surface area contributed by atoms with Crippen LogP contribution in [0.5, 0.6) is 11.5 Å². The third-order valence-electron chi connectivity index (χ3n) is 4.57. The molecule has 8 nitrogen and oxygen atoms in total. The van der Waals surface area contributed by atoms with Gasteiger partial charge in [-0.1, -0.05) is 13.8 Å². The number of carbonyl (C=O) groups excluding carboxylic acids is 2. The third-order valence-corrected chi connectivity index (χ3v) is 5.00. The number of ether oxygens (including phenoxy) is 4. The molecule has 1 fully saturated rings. The van der Waals surface area contributed by atoms with Crippen LogP contribution in [0.1, 0.15) is 52.8 Å². The van der Waals surface area contributed by atoms with Crippen LogP contribution in [0.15, 0.2) is 18.2 Å². The fourth-order valence-corrected chi connectivity index (χ4v) is 3.63. The molecule has 1 aromatic carbocycles. The summed E-state index contributed by atoms with van der Waals surface area (Å²) in [6.45, 7) is 9.40. The van der Waals surface area contributed by atoms with Gasteiger partial charge in [-0.25, -0.2) is 9.59 Å². The topological polar surface area (TPSA) is 83.5 Å². The number of halogens is 1. The first kappa shape index (κ1) is 24.5. The Morgan fingerprint density at radius 1 is 1.20 bits per heavy atom. The van der Waals surface area contributed by atoms with E-state index in [9.17, 15) is 9.59 Å². The van der Waals surface area contributed by atoms with Gasteiger partial charge in [0.2, 0.25) is 0 Å². The van der Waals surface area contributed by atoms with Gasteiger partial charge >= 0.3 is 12.1 Å². The summed E-state index contributed by atoms with van der Waals surface area (Å²) < 4.78 is 27.5. The van der Waals surface area contributed by atoms with Gasteiger partial charge in [-0.15, -0.1) is 0 Å². The van der Waals surface area contributed by atoms with Crippen LogP contribution in [0.25, 0.3) is 0 Å². The molecule has 0 aromatic heterocycles. The molecule has 1 aromatic rings. The summed E-state index contributed by atoms with van der Waals surface area (Å²) in [6, 6.07) is 4.65. The molecule has 1 aliphatic heterocycles. The van der Waals surface area contributed by atoms with Crippen molar-refractivity contribution in [2.75, 3.05) is 14.2 Å². The van der Waals surface area contributed by atoms with E-state index in [0.29, 0.717) is 23.5 Å². The third kappa shape index (κ3) is 5.69. The quantitative estimate of drug-likeness (QED) is 0.491. The molecule has 3 atom stereocenters. The number of hydrogen-bond acceptors (Lipinski definition) is 7. The van der Waals surface area contributed by atoms with Crippen molar-refractivity contribution in [1.82, 2.24) is 4.90 Å². The van der Waals surface area contributed by atoms with E-state index in [0.717, 1.165) is 0 Å². The van der Waals surface area contributed by atoms with Gasteiger partial charge in [-0.2, -0.15) is 0 Å². The number of benzene rings is 1. The smallest absolute Gasteiger partial charge is 0.413 e. The van der Waals surface area contributed by atoms with Gasteiger partial charge in [0.15, 0.2) is 35.3 Å². The molecule has 1 amide bonds. The van der Waals surface area contributed by atoms with Crippen LogP contribution >= 0.6 is 23.0 Å². The van der Waals surface area contributed by atoms with E-state index in [1.165, 1.54) is 35.0 Å². The molecule has 0 spiro atoms. The first-order chi connectivity index (χ1) is 14.0. The standard InChI is InChI=1S/C21H30INO7/c1-12(2)10-15-17(19(24)30-22)28-18(23(15)20(25)29-21(3,4)5)14-9-8-13(26-6)11-16(14)27-7/h8-9,11-12,15,17-18H,10H2,1-7H3/t15-,17+,18?/m0/s1. The van der Waals surface area contributed by atoms with Crippen LogP contribution in [0.3, 0.4) is 0 Å². The second-order valence-electron chi connectivity index (χ2n) is 8.50. The van der Waals surface area contributed by atoms with Gasteiger partial charge < -0.3 is 22.0 Å². The zero-order valence-corrected chi connectivity index (χ0v) is 20.6. The largest absolute Gasteiger partial charge is 0.497 e. The molecule has 1 saturated heterocycles. The number of methoxy groups -OCH3 is 2. The van der Waals surface area contributed by atoms with E-state index < -0.39 is 36.0 Å². The Hall–Kier alpha value is -1.75. The summed E-state index contributed by atoms with van der Waals surface area (Å²) in [6.07, 6.45) is -1.87. The Bertz CT molecular complexity index is 762. The van der Waals surface area contributed by atoms with Crippen LogP contribution in [0, 0.1) is 5.92 Å². The number of carbonyl (C=O) groups is 2. The van der Waals surface area contributed by atoms with Crippen LogP contribution in [-0.4, -0.2) is 48.9 Å². The highest BCUT2D eigenvalue weighted by Crippen LogP contribution is 2.43. The summed E-state index contributed by atoms with van der Waals surface area (Å²) in [7, 11) is 3.08. The number of rotatable bonds is 6. The summed E-state index contributed by atoms with van der Waals surface area (Å²) >= 11 is 1.53. The first-order valence-electron chi connectivity index (χ1n) is 9.73. The lowest BCUT2D eigenvalue weighted by atomic mass is 9.98. The molecule has 1 heterocycles. The lowest BCUT2D eigenvalue weighted by molar-refractivity contribution is -0.144.